The van der Waals surface area contributed by atoms with E-state index in [0.717, 1.165) is 26.1 Å². The van der Waals surface area contributed by atoms with Crippen molar-refractivity contribution in [2.45, 2.75) is 38.9 Å². The second kappa shape index (κ2) is 7.64. The number of carbonyl (C=O) groups excluding carboxylic acids is 1. The largest absolute Gasteiger partial charge is 0.390 e. The maximum absolute atomic E-state index is 11.7. The van der Waals surface area contributed by atoms with Crippen LogP contribution < -0.4 is 0 Å². The lowest BCUT2D eigenvalue weighted by molar-refractivity contribution is -0.129. The van der Waals surface area contributed by atoms with E-state index in [9.17, 15) is 9.90 Å². The molecule has 1 N–H and O–H groups in total. The Labute approximate surface area is 144 Å². The average Bonchev–Trinajstić information content (AvgIpc) is 2.92. The van der Waals surface area contributed by atoms with Crippen molar-refractivity contribution in [3.05, 3.63) is 34.9 Å². The predicted molar refractivity (Wildman–Crippen MR) is 92.9 cm³/mol. The van der Waals surface area contributed by atoms with Crippen LogP contribution in [0.1, 0.15) is 35.6 Å². The van der Waals surface area contributed by atoms with Crippen LogP contribution in [0, 0.1) is 13.8 Å². The maximum Gasteiger partial charge on any atom is 0.222 e. The monoisotopic (exact) mass is 332 g/mol. The van der Waals surface area contributed by atoms with Crippen LogP contribution in [0.25, 0.3) is 0 Å². The molecule has 0 bridgehead atoms. The summed E-state index contributed by atoms with van der Waals surface area (Å²) in [6.07, 6.45) is 1.10. The number of hydrogen-bond donors (Lipinski definition) is 1. The van der Waals surface area contributed by atoms with Gasteiger partial charge in [-0.15, -0.1) is 0 Å². The third kappa shape index (κ3) is 4.15. The Morgan fingerprint density at radius 1 is 1.29 bits per heavy atom. The summed E-state index contributed by atoms with van der Waals surface area (Å²) in [5.41, 5.74) is 3.74. The fraction of sp³-hybridized carbons (Fsp3) is 0.632. The Bertz CT molecular complexity index is 590. The summed E-state index contributed by atoms with van der Waals surface area (Å²) >= 11 is 0. The molecule has 0 radical (unpaired) electrons. The molecule has 5 heteroatoms. The molecule has 2 unspecified atom stereocenters. The van der Waals surface area contributed by atoms with Gasteiger partial charge in [0.05, 0.1) is 18.8 Å². The fourth-order valence-electron chi connectivity index (χ4n) is 3.75. The van der Waals surface area contributed by atoms with Gasteiger partial charge in [0.15, 0.2) is 0 Å². The molecule has 1 aromatic carbocycles. The number of nitrogens with zero attached hydrogens (tertiary/aromatic N) is 2. The zero-order chi connectivity index (χ0) is 17.1. The summed E-state index contributed by atoms with van der Waals surface area (Å²) < 4.78 is 5.96. The number of carbonyl (C=O) groups is 1. The molecule has 2 fully saturated rings. The maximum atomic E-state index is 11.7. The fourth-order valence-corrected chi connectivity index (χ4v) is 3.75. The third-order valence-corrected chi connectivity index (χ3v) is 4.99. The van der Waals surface area contributed by atoms with Crippen LogP contribution in [0.3, 0.4) is 0 Å². The van der Waals surface area contributed by atoms with Gasteiger partial charge in [-0.05, 0) is 31.4 Å². The van der Waals surface area contributed by atoms with Crippen LogP contribution in [0.2, 0.25) is 0 Å². The summed E-state index contributed by atoms with van der Waals surface area (Å²) in [7, 11) is 0. The van der Waals surface area contributed by atoms with Gasteiger partial charge in [0.1, 0.15) is 0 Å². The van der Waals surface area contributed by atoms with E-state index in [2.05, 4.69) is 36.9 Å². The van der Waals surface area contributed by atoms with E-state index in [-0.39, 0.29) is 12.0 Å². The zero-order valence-corrected chi connectivity index (χ0v) is 14.7. The number of β-amino-alcohol motifs (C(OH)–C–C–N with tert-alkyl or cyclic N) is 1. The first-order valence-corrected chi connectivity index (χ1v) is 8.90. The normalized spacial score (nSPS) is 23.7. The first kappa shape index (κ1) is 17.4. The van der Waals surface area contributed by atoms with E-state index in [1.165, 1.54) is 16.7 Å². The molecular weight excluding hydrogens is 304 g/mol. The smallest absolute Gasteiger partial charge is 0.222 e. The lowest BCUT2D eigenvalue weighted by Gasteiger charge is -2.35. The number of likely N-dealkylation sites (tertiary alicyclic amines) is 1. The van der Waals surface area contributed by atoms with Crippen molar-refractivity contribution in [2.24, 2.45) is 0 Å². The highest BCUT2D eigenvalue weighted by Crippen LogP contribution is 2.26. The molecule has 0 saturated carbocycles. The molecule has 2 atom stereocenters. The van der Waals surface area contributed by atoms with Gasteiger partial charge in [-0.3, -0.25) is 9.69 Å². The first-order valence-electron chi connectivity index (χ1n) is 8.90. The van der Waals surface area contributed by atoms with E-state index in [1.807, 2.05) is 0 Å². The van der Waals surface area contributed by atoms with E-state index in [0.29, 0.717) is 26.1 Å². The van der Waals surface area contributed by atoms with Crippen molar-refractivity contribution in [3.8, 4) is 0 Å². The van der Waals surface area contributed by atoms with Gasteiger partial charge >= 0.3 is 0 Å². The number of aliphatic hydroxyl groups is 1. The number of aliphatic hydroxyl groups excluding tert-OH is 1. The van der Waals surface area contributed by atoms with Crippen LogP contribution in [-0.2, 0) is 9.53 Å². The van der Waals surface area contributed by atoms with E-state index in [4.69, 9.17) is 4.74 Å². The van der Waals surface area contributed by atoms with Crippen molar-refractivity contribution >= 4 is 5.91 Å². The molecule has 2 aliphatic rings. The molecule has 132 valence electrons. The number of aryl methyl sites for hydroxylation is 2. The first-order chi connectivity index (χ1) is 11.5. The van der Waals surface area contributed by atoms with Gasteiger partial charge in [-0.1, -0.05) is 23.8 Å². The molecule has 2 heterocycles. The Kier molecular flexibility index (Phi) is 5.54. The van der Waals surface area contributed by atoms with Crippen LogP contribution in [-0.4, -0.2) is 66.2 Å². The number of benzene rings is 1. The van der Waals surface area contributed by atoms with Crippen LogP contribution in [0.15, 0.2) is 18.2 Å². The quantitative estimate of drug-likeness (QED) is 0.891. The zero-order valence-electron chi connectivity index (χ0n) is 14.7. The molecule has 24 heavy (non-hydrogen) atoms. The van der Waals surface area contributed by atoms with Crippen LogP contribution >= 0.6 is 0 Å². The second-order valence-corrected chi connectivity index (χ2v) is 7.08. The summed E-state index contributed by atoms with van der Waals surface area (Å²) in [6, 6.07) is 6.46. The molecule has 2 saturated heterocycles. The van der Waals surface area contributed by atoms with Crippen molar-refractivity contribution in [1.29, 1.82) is 0 Å². The number of ether oxygens (including phenoxy) is 1. The summed E-state index contributed by atoms with van der Waals surface area (Å²) in [4.78, 5) is 15.7. The van der Waals surface area contributed by atoms with Crippen LogP contribution in [0.5, 0.6) is 0 Å². The Balaban J connectivity index is 1.56. The summed E-state index contributed by atoms with van der Waals surface area (Å²) in [6.45, 7) is 8.33. The second-order valence-electron chi connectivity index (χ2n) is 7.08. The number of morpholine rings is 1. The molecule has 2 aliphatic heterocycles. The Hall–Kier alpha value is -1.43. The predicted octanol–water partition coefficient (Wildman–Crippen LogP) is 1.66. The molecule has 3 rings (SSSR count). The highest BCUT2D eigenvalue weighted by Gasteiger charge is 2.27. The standard InChI is InChI=1S/C19H28N2O3/c1-14-5-6-17(15(2)10-14)18-13-20(8-9-24-18)11-16(22)12-21-7-3-4-19(21)23/h5-6,10,16,18,22H,3-4,7-9,11-13H2,1-2H3. The van der Waals surface area contributed by atoms with Crippen molar-refractivity contribution in [3.63, 3.8) is 0 Å². The number of hydrogen-bond acceptors (Lipinski definition) is 4. The molecule has 0 aromatic heterocycles. The van der Waals surface area contributed by atoms with Gasteiger partial charge in [-0.25, -0.2) is 0 Å². The topological polar surface area (TPSA) is 53.0 Å². The van der Waals surface area contributed by atoms with Gasteiger partial charge in [0.2, 0.25) is 5.91 Å². The van der Waals surface area contributed by atoms with E-state index in [1.54, 1.807) is 4.90 Å². The van der Waals surface area contributed by atoms with Gasteiger partial charge in [-0.2, -0.15) is 0 Å². The van der Waals surface area contributed by atoms with Crippen molar-refractivity contribution in [2.75, 3.05) is 39.3 Å². The molecular formula is C19H28N2O3. The lowest BCUT2D eigenvalue weighted by atomic mass is 10.00. The Morgan fingerprint density at radius 2 is 2.12 bits per heavy atom. The number of rotatable bonds is 5. The van der Waals surface area contributed by atoms with Crippen molar-refractivity contribution < 1.29 is 14.6 Å². The minimum Gasteiger partial charge on any atom is -0.390 e. The molecule has 0 spiro atoms. The highest BCUT2D eigenvalue weighted by atomic mass is 16.5. The number of amides is 1. The van der Waals surface area contributed by atoms with Gasteiger partial charge < -0.3 is 14.7 Å². The molecule has 0 aliphatic carbocycles. The van der Waals surface area contributed by atoms with E-state index < -0.39 is 6.10 Å². The third-order valence-electron chi connectivity index (χ3n) is 4.99. The highest BCUT2D eigenvalue weighted by molar-refractivity contribution is 5.78. The molecule has 5 nitrogen and oxygen atoms in total. The minimum absolute atomic E-state index is 0.0555. The lowest BCUT2D eigenvalue weighted by Crippen LogP contribution is -2.45. The van der Waals surface area contributed by atoms with Gasteiger partial charge in [0, 0.05) is 39.1 Å². The Morgan fingerprint density at radius 3 is 2.83 bits per heavy atom. The molecule has 1 aromatic rings. The minimum atomic E-state index is -0.495. The van der Waals surface area contributed by atoms with Gasteiger partial charge in [0.25, 0.3) is 0 Å². The van der Waals surface area contributed by atoms with Crippen LogP contribution in [0.4, 0.5) is 0 Å². The van der Waals surface area contributed by atoms with Crippen molar-refractivity contribution in [1.82, 2.24) is 9.80 Å². The molecule has 1 amide bonds. The summed E-state index contributed by atoms with van der Waals surface area (Å²) in [5.74, 6) is 0.171. The van der Waals surface area contributed by atoms with E-state index >= 15 is 0 Å². The summed E-state index contributed by atoms with van der Waals surface area (Å²) in [5, 5.41) is 10.4. The average molecular weight is 332 g/mol. The SMILES string of the molecule is Cc1ccc(C2CN(CC(O)CN3CCCC3=O)CCO2)c(C)c1.